The molecule has 0 fully saturated rings. The summed E-state index contributed by atoms with van der Waals surface area (Å²) in [5, 5.41) is 11.0. The molecule has 0 saturated carbocycles. The van der Waals surface area contributed by atoms with Crippen LogP contribution in [0.2, 0.25) is 0 Å². The number of carbonyl (C=O) groups excluding carboxylic acids is 1. The lowest BCUT2D eigenvalue weighted by Crippen LogP contribution is -2.38. The third kappa shape index (κ3) is 3.17. The second-order valence-corrected chi connectivity index (χ2v) is 6.75. The molecule has 0 spiro atoms. The van der Waals surface area contributed by atoms with Crippen LogP contribution in [-0.2, 0) is 13.0 Å². The maximum Gasteiger partial charge on any atom is 0.289 e. The van der Waals surface area contributed by atoms with Gasteiger partial charge in [-0.25, -0.2) is 4.98 Å². The van der Waals surface area contributed by atoms with Gasteiger partial charge in [0.05, 0.1) is 0 Å². The molecule has 0 bridgehead atoms. The van der Waals surface area contributed by atoms with Crippen LogP contribution < -0.4 is 5.32 Å². The van der Waals surface area contributed by atoms with Gasteiger partial charge in [0.1, 0.15) is 0 Å². The maximum atomic E-state index is 12.5. The van der Waals surface area contributed by atoms with Gasteiger partial charge in [0.25, 0.3) is 11.7 Å². The summed E-state index contributed by atoms with van der Waals surface area (Å²) in [5.74, 6) is 0.526. The molecule has 3 heterocycles. The summed E-state index contributed by atoms with van der Waals surface area (Å²) in [6.45, 7) is 7.16. The molecule has 0 atom stereocenters. The van der Waals surface area contributed by atoms with Gasteiger partial charge in [-0.1, -0.05) is 24.3 Å². The normalized spacial score (nSPS) is 14.4. The Hall–Kier alpha value is -2.80. The van der Waals surface area contributed by atoms with Gasteiger partial charge >= 0.3 is 0 Å². The third-order valence-electron chi connectivity index (χ3n) is 4.82. The van der Waals surface area contributed by atoms with Gasteiger partial charge in [-0.3, -0.25) is 14.1 Å². The molecular weight excluding hydrogens is 328 g/mol. The van der Waals surface area contributed by atoms with Crippen LogP contribution in [0.15, 0.2) is 30.3 Å². The molecule has 1 amide bonds. The first-order chi connectivity index (χ1) is 12.6. The average Bonchev–Trinajstić information content (AvgIpc) is 3.06. The van der Waals surface area contributed by atoms with E-state index in [1.807, 2.05) is 19.9 Å². The lowest BCUT2D eigenvalue weighted by Gasteiger charge is -2.28. The van der Waals surface area contributed by atoms with Crippen LogP contribution in [0.25, 0.3) is 5.78 Å². The van der Waals surface area contributed by atoms with E-state index in [-0.39, 0.29) is 11.7 Å². The maximum absolute atomic E-state index is 12.5. The van der Waals surface area contributed by atoms with E-state index in [0.717, 1.165) is 37.4 Å². The van der Waals surface area contributed by atoms with Crippen molar-refractivity contribution >= 4 is 11.7 Å². The van der Waals surface area contributed by atoms with Crippen molar-refractivity contribution in [3.63, 3.8) is 0 Å². The van der Waals surface area contributed by atoms with Crippen LogP contribution in [0.1, 0.15) is 33.1 Å². The summed E-state index contributed by atoms with van der Waals surface area (Å²) >= 11 is 0. The van der Waals surface area contributed by atoms with Crippen molar-refractivity contribution in [2.75, 3.05) is 19.6 Å². The van der Waals surface area contributed by atoms with E-state index < -0.39 is 0 Å². The van der Waals surface area contributed by atoms with Gasteiger partial charge in [-0.05, 0) is 37.5 Å². The van der Waals surface area contributed by atoms with Gasteiger partial charge in [0.2, 0.25) is 5.82 Å². The molecule has 3 aromatic rings. The summed E-state index contributed by atoms with van der Waals surface area (Å²) in [6.07, 6.45) is 1.06. The van der Waals surface area contributed by atoms with Crippen molar-refractivity contribution in [3.8, 4) is 0 Å². The summed E-state index contributed by atoms with van der Waals surface area (Å²) in [5.41, 5.74) is 4.57. The number of aromatic nitrogens is 4. The smallest absolute Gasteiger partial charge is 0.289 e. The van der Waals surface area contributed by atoms with Crippen LogP contribution in [-0.4, -0.2) is 50.0 Å². The molecule has 7 heteroatoms. The fraction of sp³-hybridized carbons (Fsp3) is 0.368. The molecule has 1 aromatic carbocycles. The van der Waals surface area contributed by atoms with Crippen molar-refractivity contribution in [2.45, 2.75) is 26.8 Å². The number of carbonyl (C=O) groups is 1. The Balaban J connectivity index is 1.38. The Kier molecular flexibility index (Phi) is 4.38. The molecule has 1 N–H and O–H groups in total. The fourth-order valence-corrected chi connectivity index (χ4v) is 3.53. The largest absolute Gasteiger partial charge is 0.348 e. The Morgan fingerprint density at radius 2 is 2.00 bits per heavy atom. The van der Waals surface area contributed by atoms with Crippen molar-refractivity contribution in [2.24, 2.45) is 0 Å². The first kappa shape index (κ1) is 16.7. The number of hydrogen-bond donors (Lipinski definition) is 1. The Morgan fingerprint density at radius 1 is 1.19 bits per heavy atom. The van der Waals surface area contributed by atoms with E-state index in [9.17, 15) is 4.79 Å². The SMILES string of the molecule is Cc1cc(C)n2c(C(=O)NCCN3CCc4ccccc4C3)nnc2n1. The highest BCUT2D eigenvalue weighted by molar-refractivity contribution is 5.91. The fourth-order valence-electron chi connectivity index (χ4n) is 3.53. The number of fused-ring (bicyclic) bond motifs is 2. The molecule has 0 saturated heterocycles. The van der Waals surface area contributed by atoms with E-state index in [4.69, 9.17) is 0 Å². The minimum Gasteiger partial charge on any atom is -0.348 e. The van der Waals surface area contributed by atoms with E-state index in [1.165, 1.54) is 11.1 Å². The lowest BCUT2D eigenvalue weighted by atomic mass is 10.00. The van der Waals surface area contributed by atoms with E-state index in [0.29, 0.717) is 12.3 Å². The molecule has 26 heavy (non-hydrogen) atoms. The zero-order valence-corrected chi connectivity index (χ0v) is 15.1. The molecule has 4 rings (SSSR count). The number of amides is 1. The second kappa shape index (κ2) is 6.84. The number of nitrogens with zero attached hydrogens (tertiary/aromatic N) is 5. The van der Waals surface area contributed by atoms with Crippen molar-refractivity contribution in [1.29, 1.82) is 0 Å². The first-order valence-electron chi connectivity index (χ1n) is 8.88. The molecule has 7 nitrogen and oxygen atoms in total. The highest BCUT2D eigenvalue weighted by Crippen LogP contribution is 2.17. The van der Waals surface area contributed by atoms with Crippen molar-refractivity contribution in [1.82, 2.24) is 29.8 Å². The molecule has 1 aliphatic rings. The summed E-state index contributed by atoms with van der Waals surface area (Å²) in [4.78, 5) is 19.2. The molecular formula is C19H22N6O. The molecule has 134 valence electrons. The number of hydrogen-bond acceptors (Lipinski definition) is 5. The lowest BCUT2D eigenvalue weighted by molar-refractivity contribution is 0.0935. The zero-order valence-electron chi connectivity index (χ0n) is 15.1. The van der Waals surface area contributed by atoms with Crippen LogP contribution in [0.4, 0.5) is 0 Å². The zero-order chi connectivity index (χ0) is 18.1. The van der Waals surface area contributed by atoms with Crippen molar-refractivity contribution in [3.05, 3.63) is 58.7 Å². The molecule has 0 radical (unpaired) electrons. The van der Waals surface area contributed by atoms with Crippen molar-refractivity contribution < 1.29 is 4.79 Å². The predicted molar refractivity (Wildman–Crippen MR) is 98.0 cm³/mol. The highest BCUT2D eigenvalue weighted by Gasteiger charge is 2.18. The minimum atomic E-state index is -0.219. The number of nitrogens with one attached hydrogen (secondary N) is 1. The number of aryl methyl sites for hydroxylation is 2. The Bertz CT molecular complexity index is 964. The Morgan fingerprint density at radius 3 is 2.85 bits per heavy atom. The van der Waals surface area contributed by atoms with E-state index in [1.54, 1.807) is 4.40 Å². The van der Waals surface area contributed by atoms with Crippen LogP contribution >= 0.6 is 0 Å². The molecule has 0 unspecified atom stereocenters. The third-order valence-corrected chi connectivity index (χ3v) is 4.82. The van der Waals surface area contributed by atoms with Gasteiger partial charge in [0.15, 0.2) is 0 Å². The highest BCUT2D eigenvalue weighted by atomic mass is 16.2. The predicted octanol–water partition coefficient (Wildman–Crippen LogP) is 1.53. The molecule has 0 aliphatic carbocycles. The average molecular weight is 350 g/mol. The minimum absolute atomic E-state index is 0.219. The molecule has 2 aromatic heterocycles. The second-order valence-electron chi connectivity index (χ2n) is 6.75. The summed E-state index contributed by atoms with van der Waals surface area (Å²) in [7, 11) is 0. The van der Waals surface area contributed by atoms with E-state index in [2.05, 4.69) is 49.7 Å². The van der Waals surface area contributed by atoms with Gasteiger partial charge in [-0.2, -0.15) is 0 Å². The topological polar surface area (TPSA) is 75.4 Å². The summed E-state index contributed by atoms with van der Waals surface area (Å²) < 4.78 is 1.69. The van der Waals surface area contributed by atoms with E-state index >= 15 is 0 Å². The standard InChI is InChI=1S/C19H22N6O/c1-13-11-14(2)25-17(22-23-19(25)21-13)18(26)20-8-10-24-9-7-15-5-3-4-6-16(15)12-24/h3-6,11H,7-10,12H2,1-2H3,(H,20,26). The van der Waals surface area contributed by atoms with Gasteiger partial charge in [-0.15, -0.1) is 10.2 Å². The van der Waals surface area contributed by atoms with Gasteiger partial charge in [0, 0.05) is 37.6 Å². The Labute approximate surface area is 152 Å². The van der Waals surface area contributed by atoms with Crippen LogP contribution in [0, 0.1) is 13.8 Å². The van der Waals surface area contributed by atoms with Crippen LogP contribution in [0.3, 0.4) is 0 Å². The number of rotatable bonds is 4. The van der Waals surface area contributed by atoms with Crippen LogP contribution in [0.5, 0.6) is 0 Å². The number of benzene rings is 1. The summed E-state index contributed by atoms with van der Waals surface area (Å²) in [6, 6.07) is 10.5. The first-order valence-corrected chi connectivity index (χ1v) is 8.88. The molecule has 1 aliphatic heterocycles. The quantitative estimate of drug-likeness (QED) is 0.772. The van der Waals surface area contributed by atoms with Gasteiger partial charge < -0.3 is 5.32 Å². The monoisotopic (exact) mass is 350 g/mol.